The van der Waals surface area contributed by atoms with E-state index in [0.29, 0.717) is 6.54 Å². The fourth-order valence-corrected chi connectivity index (χ4v) is 2.04. The molecule has 0 spiro atoms. The number of aliphatic hydroxyl groups is 1. The zero-order valence-electron chi connectivity index (χ0n) is 11.7. The van der Waals surface area contributed by atoms with Crippen molar-refractivity contribution >= 4 is 5.91 Å². The van der Waals surface area contributed by atoms with Crippen LogP contribution in [0.5, 0.6) is 0 Å². The summed E-state index contributed by atoms with van der Waals surface area (Å²) in [5.41, 5.74) is 4.95. The minimum absolute atomic E-state index is 0.0909. The number of aliphatic hydroxyl groups excluding tert-OH is 1. The summed E-state index contributed by atoms with van der Waals surface area (Å²) in [6, 6.07) is 0. The molecule has 1 fully saturated rings. The first-order valence-corrected chi connectivity index (χ1v) is 6.33. The van der Waals surface area contributed by atoms with Crippen LogP contribution in [0.2, 0.25) is 0 Å². The maximum absolute atomic E-state index is 12.4. The molecule has 1 aliphatic rings. The van der Waals surface area contributed by atoms with E-state index in [-0.39, 0.29) is 17.9 Å². The van der Waals surface area contributed by atoms with Gasteiger partial charge in [-0.3, -0.25) is 4.79 Å². The second kappa shape index (κ2) is 4.58. The molecule has 0 aliphatic carbocycles. The zero-order valence-corrected chi connectivity index (χ0v) is 11.7. The molecule has 4 heteroatoms. The molecule has 0 saturated carbocycles. The number of nitrogens with two attached hydrogens (primary N) is 1. The van der Waals surface area contributed by atoms with E-state index in [1.807, 2.05) is 32.6 Å². The van der Waals surface area contributed by atoms with Crippen LogP contribution in [0.15, 0.2) is 0 Å². The van der Waals surface area contributed by atoms with Gasteiger partial charge in [0.1, 0.15) is 0 Å². The zero-order chi connectivity index (χ0) is 13.4. The lowest BCUT2D eigenvalue weighted by Crippen LogP contribution is -2.56. The van der Waals surface area contributed by atoms with Gasteiger partial charge in [-0.25, -0.2) is 0 Å². The van der Waals surface area contributed by atoms with Gasteiger partial charge in [-0.1, -0.05) is 0 Å². The van der Waals surface area contributed by atoms with Crippen molar-refractivity contribution in [3.63, 3.8) is 0 Å². The van der Waals surface area contributed by atoms with Crippen LogP contribution in [-0.2, 0) is 4.79 Å². The molecule has 1 heterocycles. The second-order valence-corrected chi connectivity index (χ2v) is 6.39. The first kappa shape index (κ1) is 14.5. The molecule has 100 valence electrons. The van der Waals surface area contributed by atoms with E-state index in [0.717, 1.165) is 13.0 Å². The summed E-state index contributed by atoms with van der Waals surface area (Å²) in [5.74, 6) is 0.295. The third-order valence-corrected chi connectivity index (χ3v) is 4.34. The molecule has 2 unspecified atom stereocenters. The molecule has 2 atom stereocenters. The Kier molecular flexibility index (Phi) is 3.89. The number of amides is 1. The van der Waals surface area contributed by atoms with Crippen LogP contribution >= 0.6 is 0 Å². The van der Waals surface area contributed by atoms with Crippen LogP contribution in [0.4, 0.5) is 0 Å². The standard InChI is InChI=1S/C13H26N2O2/c1-9(16)10-6-7-15(8-10)11(17)12(2,3)13(4,5)14/h9-10,16H,6-8,14H2,1-5H3. The van der Waals surface area contributed by atoms with Gasteiger partial charge in [0, 0.05) is 24.5 Å². The topological polar surface area (TPSA) is 66.6 Å². The summed E-state index contributed by atoms with van der Waals surface area (Å²) in [7, 11) is 0. The third-order valence-electron chi connectivity index (χ3n) is 4.34. The Hall–Kier alpha value is -0.610. The SMILES string of the molecule is CC(O)C1CCN(C(=O)C(C)(C)C(C)(C)N)C1. The summed E-state index contributed by atoms with van der Waals surface area (Å²) in [6.07, 6.45) is 0.534. The lowest BCUT2D eigenvalue weighted by Gasteiger charge is -2.39. The molecule has 1 aliphatic heterocycles. The molecule has 0 bridgehead atoms. The van der Waals surface area contributed by atoms with Crippen LogP contribution in [0, 0.1) is 11.3 Å². The van der Waals surface area contributed by atoms with Crippen molar-refractivity contribution in [3.05, 3.63) is 0 Å². The average Bonchev–Trinajstić information content (AvgIpc) is 2.63. The van der Waals surface area contributed by atoms with Crippen molar-refractivity contribution in [1.82, 2.24) is 4.90 Å². The highest BCUT2D eigenvalue weighted by molar-refractivity contribution is 5.83. The summed E-state index contributed by atoms with van der Waals surface area (Å²) in [5, 5.41) is 9.55. The number of likely N-dealkylation sites (tertiary alicyclic amines) is 1. The van der Waals surface area contributed by atoms with Crippen LogP contribution in [0.1, 0.15) is 41.0 Å². The third kappa shape index (κ3) is 2.80. The molecule has 1 amide bonds. The van der Waals surface area contributed by atoms with E-state index < -0.39 is 11.0 Å². The van der Waals surface area contributed by atoms with Crippen molar-refractivity contribution in [1.29, 1.82) is 0 Å². The first-order chi connectivity index (χ1) is 7.57. The lowest BCUT2D eigenvalue weighted by molar-refractivity contribution is -0.142. The number of hydrogen-bond donors (Lipinski definition) is 2. The molecule has 0 aromatic rings. The summed E-state index contributed by atoms with van der Waals surface area (Å²) in [4.78, 5) is 14.3. The van der Waals surface area contributed by atoms with Gasteiger partial charge < -0.3 is 15.7 Å². The number of nitrogens with zero attached hydrogens (tertiary/aromatic N) is 1. The number of carbonyl (C=O) groups excluding carboxylic acids is 1. The summed E-state index contributed by atoms with van der Waals surface area (Å²) in [6.45, 7) is 10.7. The van der Waals surface area contributed by atoms with Crippen LogP contribution in [0.25, 0.3) is 0 Å². The first-order valence-electron chi connectivity index (χ1n) is 6.33. The Bertz CT molecular complexity index is 292. The Labute approximate surface area is 104 Å². The Morgan fingerprint density at radius 3 is 2.29 bits per heavy atom. The van der Waals surface area contributed by atoms with Crippen molar-refractivity contribution in [2.75, 3.05) is 13.1 Å². The maximum Gasteiger partial charge on any atom is 0.230 e. The highest BCUT2D eigenvalue weighted by atomic mass is 16.3. The molecule has 17 heavy (non-hydrogen) atoms. The van der Waals surface area contributed by atoms with Crippen molar-refractivity contribution < 1.29 is 9.90 Å². The number of hydrogen-bond acceptors (Lipinski definition) is 3. The largest absolute Gasteiger partial charge is 0.393 e. The molecule has 1 saturated heterocycles. The van der Waals surface area contributed by atoms with Crippen LogP contribution in [-0.4, -0.2) is 40.6 Å². The van der Waals surface area contributed by atoms with E-state index in [1.54, 1.807) is 6.92 Å². The van der Waals surface area contributed by atoms with Gasteiger partial charge in [0.2, 0.25) is 5.91 Å². The smallest absolute Gasteiger partial charge is 0.230 e. The van der Waals surface area contributed by atoms with E-state index in [4.69, 9.17) is 5.73 Å². The lowest BCUT2D eigenvalue weighted by atomic mass is 9.74. The molecule has 1 rings (SSSR count). The Morgan fingerprint density at radius 2 is 1.94 bits per heavy atom. The van der Waals surface area contributed by atoms with E-state index in [1.165, 1.54) is 0 Å². The summed E-state index contributed by atoms with van der Waals surface area (Å²) < 4.78 is 0. The maximum atomic E-state index is 12.4. The summed E-state index contributed by atoms with van der Waals surface area (Å²) >= 11 is 0. The predicted molar refractivity (Wildman–Crippen MR) is 68.4 cm³/mol. The highest BCUT2D eigenvalue weighted by Gasteiger charge is 2.44. The Morgan fingerprint density at radius 1 is 1.41 bits per heavy atom. The molecular formula is C13H26N2O2. The molecule has 0 aromatic heterocycles. The normalized spacial score (nSPS) is 23.9. The van der Waals surface area contributed by atoms with E-state index in [2.05, 4.69) is 0 Å². The van der Waals surface area contributed by atoms with Gasteiger partial charge in [-0.2, -0.15) is 0 Å². The average molecular weight is 242 g/mol. The van der Waals surface area contributed by atoms with E-state index >= 15 is 0 Å². The van der Waals surface area contributed by atoms with Gasteiger partial charge in [0.25, 0.3) is 0 Å². The van der Waals surface area contributed by atoms with Gasteiger partial charge in [-0.15, -0.1) is 0 Å². The molecule has 0 aromatic carbocycles. The number of rotatable bonds is 3. The fourth-order valence-electron chi connectivity index (χ4n) is 2.04. The minimum Gasteiger partial charge on any atom is -0.393 e. The molecule has 3 N–H and O–H groups in total. The van der Waals surface area contributed by atoms with Gasteiger partial charge in [0.15, 0.2) is 0 Å². The van der Waals surface area contributed by atoms with Crippen molar-refractivity contribution in [2.45, 2.75) is 52.7 Å². The second-order valence-electron chi connectivity index (χ2n) is 6.39. The van der Waals surface area contributed by atoms with Crippen molar-refractivity contribution in [2.24, 2.45) is 17.1 Å². The quantitative estimate of drug-likeness (QED) is 0.775. The van der Waals surface area contributed by atoms with Gasteiger partial charge in [-0.05, 0) is 41.0 Å². The van der Waals surface area contributed by atoms with Gasteiger partial charge in [0.05, 0.1) is 11.5 Å². The number of carbonyl (C=O) groups is 1. The fraction of sp³-hybridized carbons (Fsp3) is 0.923. The van der Waals surface area contributed by atoms with Crippen LogP contribution in [0.3, 0.4) is 0 Å². The minimum atomic E-state index is -0.583. The van der Waals surface area contributed by atoms with E-state index in [9.17, 15) is 9.90 Å². The Balaban J connectivity index is 2.73. The van der Waals surface area contributed by atoms with Crippen molar-refractivity contribution in [3.8, 4) is 0 Å². The van der Waals surface area contributed by atoms with Crippen LogP contribution < -0.4 is 5.73 Å². The van der Waals surface area contributed by atoms with Gasteiger partial charge >= 0.3 is 0 Å². The molecule has 4 nitrogen and oxygen atoms in total. The monoisotopic (exact) mass is 242 g/mol. The molecular weight excluding hydrogens is 216 g/mol. The molecule has 0 radical (unpaired) electrons. The highest BCUT2D eigenvalue weighted by Crippen LogP contribution is 2.33. The predicted octanol–water partition coefficient (Wildman–Crippen LogP) is 0.979.